The van der Waals surface area contributed by atoms with E-state index in [-0.39, 0.29) is 16.7 Å². The van der Waals surface area contributed by atoms with Crippen molar-refractivity contribution in [3.05, 3.63) is 49.2 Å². The number of anilines is 3. The van der Waals surface area contributed by atoms with Crippen LogP contribution in [-0.2, 0) is 10.0 Å². The van der Waals surface area contributed by atoms with Crippen LogP contribution in [0.3, 0.4) is 0 Å². The number of halogens is 2. The monoisotopic (exact) mass is 626 g/mol. The van der Waals surface area contributed by atoms with Crippen molar-refractivity contribution in [1.82, 2.24) is 38.8 Å². The Morgan fingerprint density at radius 1 is 1.09 bits per heavy atom. The molecule has 0 atom stereocenters. The summed E-state index contributed by atoms with van der Waals surface area (Å²) in [4.78, 5) is 15.6. The molecular formula is C29H36F2N10O2S. The lowest BCUT2D eigenvalue weighted by atomic mass is 9.73. The van der Waals surface area contributed by atoms with Gasteiger partial charge in [0.1, 0.15) is 11.6 Å². The molecule has 4 aromatic rings. The fourth-order valence-electron chi connectivity index (χ4n) is 5.81. The van der Waals surface area contributed by atoms with Gasteiger partial charge in [0.15, 0.2) is 5.82 Å². The number of hydrogen-bond donors (Lipinski definition) is 2. The summed E-state index contributed by atoms with van der Waals surface area (Å²) < 4.78 is 53.3. The Balaban J connectivity index is 1.24. The van der Waals surface area contributed by atoms with Gasteiger partial charge in [-0.15, -0.1) is 0 Å². The predicted octanol–water partition coefficient (Wildman–Crippen LogP) is 5.00. The van der Waals surface area contributed by atoms with E-state index < -0.39 is 16.6 Å². The first-order valence-corrected chi connectivity index (χ1v) is 16.1. The highest BCUT2D eigenvalue weighted by Crippen LogP contribution is 2.39. The van der Waals surface area contributed by atoms with E-state index in [0.717, 1.165) is 42.0 Å². The van der Waals surface area contributed by atoms with Crippen LogP contribution in [-0.4, -0.2) is 79.2 Å². The number of rotatable bonds is 11. The van der Waals surface area contributed by atoms with Crippen molar-refractivity contribution in [2.24, 2.45) is 5.41 Å². The summed E-state index contributed by atoms with van der Waals surface area (Å²) in [5.41, 5.74) is 2.45. The minimum atomic E-state index is -3.50. The van der Waals surface area contributed by atoms with E-state index in [4.69, 9.17) is 0 Å². The first kappa shape index (κ1) is 30.1. The highest BCUT2D eigenvalue weighted by molar-refractivity contribution is 7.90. The molecule has 44 heavy (non-hydrogen) atoms. The SMILES string of the molecule is CN(C)CC1(C)CCC(Nc2cc(Nc3ccnc(-c4cnn(S(=O)(=O)C5CC5)c4)n3)ncc2-c2ccn(C(F)F)n2)CC1. The summed E-state index contributed by atoms with van der Waals surface area (Å²) in [6.45, 7) is 0.611. The molecule has 2 aliphatic rings. The van der Waals surface area contributed by atoms with Gasteiger partial charge in [-0.3, -0.25) is 0 Å². The van der Waals surface area contributed by atoms with Crippen molar-refractivity contribution >= 4 is 27.3 Å². The lowest BCUT2D eigenvalue weighted by molar-refractivity contribution is 0.0568. The Bertz CT molecular complexity index is 1730. The van der Waals surface area contributed by atoms with Gasteiger partial charge in [-0.05, 0) is 70.2 Å². The van der Waals surface area contributed by atoms with Crippen LogP contribution in [0.1, 0.15) is 52.0 Å². The number of aromatic nitrogens is 7. The standard InChI is InChI=1S/C29H36F2N10O2S/c1-29(18-39(2)3)10-6-20(7-11-29)35-24-14-26(33-16-22(24)23-9-13-40(38-23)28(30)31)36-25-8-12-32-27(37-25)19-15-34-41(17-19)44(42,43)21-4-5-21/h8-9,12-17,20-21,28H,4-7,10-11,18H2,1-3H3,(H2,32,33,35,36,37). The summed E-state index contributed by atoms with van der Waals surface area (Å²) in [5.74, 6) is 1.23. The molecule has 0 amide bonds. The van der Waals surface area contributed by atoms with Crippen LogP contribution in [0, 0.1) is 5.41 Å². The molecule has 0 aromatic carbocycles. The van der Waals surface area contributed by atoms with Crippen molar-refractivity contribution in [3.8, 4) is 22.6 Å². The highest BCUT2D eigenvalue weighted by atomic mass is 32.2. The molecule has 0 saturated heterocycles. The molecule has 234 valence electrons. The van der Waals surface area contributed by atoms with Gasteiger partial charge in [-0.25, -0.2) is 28.1 Å². The van der Waals surface area contributed by atoms with E-state index in [1.54, 1.807) is 24.5 Å². The first-order valence-electron chi connectivity index (χ1n) is 14.6. The lowest BCUT2D eigenvalue weighted by Crippen LogP contribution is -2.38. The van der Waals surface area contributed by atoms with Crippen molar-refractivity contribution in [2.45, 2.75) is 63.3 Å². The molecule has 12 nitrogen and oxygen atoms in total. The van der Waals surface area contributed by atoms with Gasteiger partial charge in [0.2, 0.25) is 0 Å². The van der Waals surface area contributed by atoms with Gasteiger partial charge in [0.05, 0.1) is 28.9 Å². The Morgan fingerprint density at radius 2 is 1.86 bits per heavy atom. The van der Waals surface area contributed by atoms with E-state index in [1.807, 2.05) is 6.07 Å². The average molecular weight is 627 g/mol. The number of nitrogens with one attached hydrogen (secondary N) is 2. The average Bonchev–Trinajstić information content (AvgIpc) is 3.51. The molecule has 2 aliphatic carbocycles. The Hall–Kier alpha value is -3.98. The van der Waals surface area contributed by atoms with Gasteiger partial charge in [0, 0.05) is 48.5 Å². The smallest absolute Gasteiger partial charge is 0.333 e. The zero-order chi connectivity index (χ0) is 31.1. The molecule has 15 heteroatoms. The number of nitrogens with zero attached hydrogens (tertiary/aromatic N) is 8. The molecule has 6 rings (SSSR count). The topological polar surface area (TPSA) is 136 Å². The maximum atomic E-state index is 13.3. The molecule has 4 aromatic heterocycles. The van der Waals surface area contributed by atoms with Gasteiger partial charge >= 0.3 is 6.55 Å². The third kappa shape index (κ3) is 6.58. The Morgan fingerprint density at radius 3 is 2.55 bits per heavy atom. The molecule has 0 unspecified atom stereocenters. The summed E-state index contributed by atoms with van der Waals surface area (Å²) >= 11 is 0. The molecule has 2 fully saturated rings. The normalized spacial score (nSPS) is 20.8. The lowest BCUT2D eigenvalue weighted by Gasteiger charge is -2.39. The summed E-state index contributed by atoms with van der Waals surface area (Å²) in [6.07, 6.45) is 12.6. The van der Waals surface area contributed by atoms with E-state index >= 15 is 0 Å². The fourth-order valence-corrected chi connectivity index (χ4v) is 7.29. The van der Waals surface area contributed by atoms with Crippen LogP contribution in [0.2, 0.25) is 0 Å². The van der Waals surface area contributed by atoms with Crippen LogP contribution in [0.15, 0.2) is 49.2 Å². The van der Waals surface area contributed by atoms with Crippen LogP contribution in [0.5, 0.6) is 0 Å². The van der Waals surface area contributed by atoms with Crippen molar-refractivity contribution in [1.29, 1.82) is 0 Å². The quantitative estimate of drug-likeness (QED) is 0.234. The minimum Gasteiger partial charge on any atom is -0.382 e. The molecule has 0 radical (unpaired) electrons. The third-order valence-corrected chi connectivity index (χ3v) is 10.2. The fraction of sp³-hybridized carbons (Fsp3) is 0.483. The van der Waals surface area contributed by atoms with E-state index in [2.05, 4.69) is 61.7 Å². The largest absolute Gasteiger partial charge is 0.382 e. The maximum Gasteiger partial charge on any atom is 0.333 e. The maximum absolute atomic E-state index is 13.3. The van der Waals surface area contributed by atoms with Gasteiger partial charge in [-0.2, -0.15) is 23.1 Å². The predicted molar refractivity (Wildman–Crippen MR) is 163 cm³/mol. The number of pyridine rings is 1. The van der Waals surface area contributed by atoms with Crippen LogP contribution < -0.4 is 10.6 Å². The highest BCUT2D eigenvalue weighted by Gasteiger charge is 2.38. The van der Waals surface area contributed by atoms with Crippen molar-refractivity contribution in [3.63, 3.8) is 0 Å². The second-order valence-corrected chi connectivity index (χ2v) is 14.3. The van der Waals surface area contributed by atoms with Gasteiger partial charge in [0.25, 0.3) is 10.0 Å². The molecule has 2 saturated carbocycles. The van der Waals surface area contributed by atoms with Crippen LogP contribution >= 0.6 is 0 Å². The molecular weight excluding hydrogens is 590 g/mol. The van der Waals surface area contributed by atoms with Gasteiger partial charge in [-0.1, -0.05) is 6.92 Å². The number of hydrogen-bond acceptors (Lipinski definition) is 10. The minimum absolute atomic E-state index is 0.200. The molecule has 4 heterocycles. The first-order chi connectivity index (χ1) is 21.0. The molecule has 0 spiro atoms. The zero-order valence-electron chi connectivity index (χ0n) is 24.9. The van der Waals surface area contributed by atoms with Crippen LogP contribution in [0.25, 0.3) is 22.6 Å². The summed E-state index contributed by atoms with van der Waals surface area (Å²) in [7, 11) is 0.688. The number of alkyl halides is 2. The van der Waals surface area contributed by atoms with E-state index in [9.17, 15) is 17.2 Å². The molecule has 0 bridgehead atoms. The Kier molecular flexibility index (Phi) is 8.09. The second-order valence-electron chi connectivity index (χ2n) is 12.3. The summed E-state index contributed by atoms with van der Waals surface area (Å²) in [6, 6.07) is 5.25. The van der Waals surface area contributed by atoms with Crippen LogP contribution in [0.4, 0.5) is 26.1 Å². The van der Waals surface area contributed by atoms with E-state index in [1.165, 1.54) is 18.6 Å². The summed E-state index contributed by atoms with van der Waals surface area (Å²) in [5, 5.41) is 14.6. The second kappa shape index (κ2) is 11.8. The van der Waals surface area contributed by atoms with Crippen molar-refractivity contribution < 1.29 is 17.2 Å². The van der Waals surface area contributed by atoms with Crippen molar-refractivity contribution in [2.75, 3.05) is 31.3 Å². The molecule has 2 N–H and O–H groups in total. The third-order valence-electron chi connectivity index (χ3n) is 8.17. The Labute approximate surface area is 255 Å². The van der Waals surface area contributed by atoms with E-state index in [0.29, 0.717) is 51.8 Å². The molecule has 0 aliphatic heterocycles. The van der Waals surface area contributed by atoms with Gasteiger partial charge < -0.3 is 15.5 Å². The zero-order valence-corrected chi connectivity index (χ0v) is 25.7.